The van der Waals surface area contributed by atoms with Crippen molar-refractivity contribution < 1.29 is 13.2 Å². The van der Waals surface area contributed by atoms with Crippen molar-refractivity contribution in [1.29, 1.82) is 0 Å². The van der Waals surface area contributed by atoms with Gasteiger partial charge < -0.3 is 4.90 Å². The van der Waals surface area contributed by atoms with E-state index < -0.39 is 10.0 Å². The predicted octanol–water partition coefficient (Wildman–Crippen LogP) is 2.62. The molecule has 1 amide bonds. The van der Waals surface area contributed by atoms with Gasteiger partial charge >= 0.3 is 0 Å². The maximum absolute atomic E-state index is 12.6. The lowest BCUT2D eigenvalue weighted by atomic mass is 9.98. The van der Waals surface area contributed by atoms with Crippen LogP contribution in [0.4, 0.5) is 0 Å². The largest absolute Gasteiger partial charge is 0.349 e. The number of hydrogen-bond acceptors (Lipinski definition) is 3. The molecule has 128 valence electrons. The zero-order valence-electron chi connectivity index (χ0n) is 13.1. The lowest BCUT2D eigenvalue weighted by Crippen LogP contribution is -2.45. The molecule has 8 heteroatoms. The Morgan fingerprint density at radius 3 is 2.65 bits per heavy atom. The van der Waals surface area contributed by atoms with Crippen LogP contribution in [0.3, 0.4) is 0 Å². The van der Waals surface area contributed by atoms with Crippen LogP contribution < -0.4 is 0 Å². The molecule has 0 bridgehead atoms. The van der Waals surface area contributed by atoms with Gasteiger partial charge in [-0.15, -0.1) is 0 Å². The molecule has 1 aliphatic rings. The van der Waals surface area contributed by atoms with Gasteiger partial charge in [-0.2, -0.15) is 0 Å². The molecule has 0 spiro atoms. The second kappa shape index (κ2) is 7.38. The Labute approximate surface area is 147 Å². The number of carbonyl (C=O) groups is 1. The molecule has 1 aromatic carbocycles. The van der Waals surface area contributed by atoms with E-state index in [2.05, 4.69) is 0 Å². The van der Waals surface area contributed by atoms with Crippen LogP contribution in [0.25, 0.3) is 0 Å². The topological polar surface area (TPSA) is 57.7 Å². The van der Waals surface area contributed by atoms with Crippen LogP contribution in [0, 0.1) is 5.92 Å². The maximum Gasteiger partial charge on any atom is 0.226 e. The summed E-state index contributed by atoms with van der Waals surface area (Å²) in [6.07, 6.45) is 1.39. The molecule has 1 heterocycles. The van der Waals surface area contributed by atoms with Gasteiger partial charge in [0.05, 0.1) is 11.7 Å². The quantitative estimate of drug-likeness (QED) is 0.808. The van der Waals surface area contributed by atoms with E-state index in [-0.39, 0.29) is 24.1 Å². The summed E-state index contributed by atoms with van der Waals surface area (Å²) < 4.78 is 26.7. The van der Waals surface area contributed by atoms with Gasteiger partial charge in [0, 0.05) is 37.2 Å². The molecule has 0 aliphatic carbocycles. The molecule has 5 nitrogen and oxygen atoms in total. The molecular weight excluding hydrogens is 359 g/mol. The molecule has 0 saturated carbocycles. The van der Waals surface area contributed by atoms with E-state index in [0.717, 1.165) is 0 Å². The second-order valence-electron chi connectivity index (χ2n) is 5.92. The minimum atomic E-state index is -3.53. The Kier molecular flexibility index (Phi) is 5.94. The lowest BCUT2D eigenvalue weighted by Gasteiger charge is -2.32. The van der Waals surface area contributed by atoms with E-state index in [0.29, 0.717) is 35.0 Å². The first kappa shape index (κ1) is 18.5. The first-order valence-electron chi connectivity index (χ1n) is 7.33. The van der Waals surface area contributed by atoms with E-state index in [1.807, 2.05) is 0 Å². The fourth-order valence-corrected chi connectivity index (χ4v) is 4.88. The Hall–Kier alpha value is -0.820. The monoisotopic (exact) mass is 378 g/mol. The van der Waals surface area contributed by atoms with Gasteiger partial charge in [-0.25, -0.2) is 12.7 Å². The number of piperidine rings is 1. The summed E-state index contributed by atoms with van der Waals surface area (Å²) in [6, 6.07) is 4.77. The molecule has 0 radical (unpaired) electrons. The number of rotatable bonds is 4. The van der Waals surface area contributed by atoms with Crippen LogP contribution in [0.5, 0.6) is 0 Å². The van der Waals surface area contributed by atoms with Gasteiger partial charge in [-0.05, 0) is 30.5 Å². The minimum absolute atomic E-state index is 0.0329. The summed E-state index contributed by atoms with van der Waals surface area (Å²) in [4.78, 5) is 13.6. The van der Waals surface area contributed by atoms with Crippen molar-refractivity contribution in [3.63, 3.8) is 0 Å². The number of carbonyl (C=O) groups excluding carboxylic acids is 1. The van der Waals surface area contributed by atoms with Crippen LogP contribution in [0.2, 0.25) is 10.0 Å². The maximum atomic E-state index is 12.6. The molecular formula is C15H20Cl2N2O3S. The highest BCUT2D eigenvalue weighted by Crippen LogP contribution is 2.26. The average molecular weight is 379 g/mol. The molecule has 0 N–H and O–H groups in total. The molecule has 1 saturated heterocycles. The van der Waals surface area contributed by atoms with Gasteiger partial charge in [0.15, 0.2) is 0 Å². The van der Waals surface area contributed by atoms with Crippen LogP contribution in [-0.2, 0) is 20.6 Å². The summed E-state index contributed by atoms with van der Waals surface area (Å²) in [5, 5.41) is 0.796. The molecule has 23 heavy (non-hydrogen) atoms. The molecule has 1 aliphatic heterocycles. The molecule has 1 aromatic rings. The van der Waals surface area contributed by atoms with E-state index in [1.54, 1.807) is 26.2 Å². The number of hydrogen-bond donors (Lipinski definition) is 0. The van der Waals surface area contributed by atoms with E-state index >= 15 is 0 Å². The highest BCUT2D eigenvalue weighted by molar-refractivity contribution is 7.88. The van der Waals surface area contributed by atoms with Crippen molar-refractivity contribution in [2.24, 2.45) is 5.92 Å². The lowest BCUT2D eigenvalue weighted by molar-refractivity contribution is -0.134. The Morgan fingerprint density at radius 2 is 2.04 bits per heavy atom. The van der Waals surface area contributed by atoms with Gasteiger partial charge in [0.1, 0.15) is 0 Å². The van der Waals surface area contributed by atoms with Crippen molar-refractivity contribution in [2.75, 3.05) is 27.2 Å². The number of nitrogens with zero attached hydrogens (tertiary/aromatic N) is 2. The molecule has 1 atom stereocenters. The van der Waals surface area contributed by atoms with Crippen molar-refractivity contribution in [1.82, 2.24) is 9.21 Å². The average Bonchev–Trinajstić information content (AvgIpc) is 2.49. The van der Waals surface area contributed by atoms with E-state index in [9.17, 15) is 13.2 Å². The van der Waals surface area contributed by atoms with Gasteiger partial charge in [-0.3, -0.25) is 4.79 Å². The summed E-state index contributed by atoms with van der Waals surface area (Å²) in [5.41, 5.74) is 0.511. The number of sulfonamides is 1. The third kappa shape index (κ3) is 4.59. The van der Waals surface area contributed by atoms with Crippen molar-refractivity contribution >= 4 is 39.1 Å². The molecule has 2 rings (SSSR count). The number of benzene rings is 1. The van der Waals surface area contributed by atoms with Gasteiger partial charge in [0.25, 0.3) is 0 Å². The zero-order chi connectivity index (χ0) is 17.2. The van der Waals surface area contributed by atoms with Gasteiger partial charge in [0.2, 0.25) is 15.9 Å². The minimum Gasteiger partial charge on any atom is -0.349 e. The fourth-order valence-electron chi connectivity index (χ4n) is 2.69. The summed E-state index contributed by atoms with van der Waals surface area (Å²) in [5.74, 6) is -0.505. The van der Waals surface area contributed by atoms with Crippen LogP contribution in [0.1, 0.15) is 18.4 Å². The summed E-state index contributed by atoms with van der Waals surface area (Å²) in [7, 11) is -0.161. The predicted molar refractivity (Wildman–Crippen MR) is 92.1 cm³/mol. The highest BCUT2D eigenvalue weighted by Gasteiger charge is 2.33. The smallest absolute Gasteiger partial charge is 0.226 e. The third-order valence-corrected chi connectivity index (χ3v) is 6.30. The van der Waals surface area contributed by atoms with E-state index in [4.69, 9.17) is 23.2 Å². The molecule has 1 fully saturated rings. The van der Waals surface area contributed by atoms with E-state index in [1.165, 1.54) is 15.3 Å². The van der Waals surface area contributed by atoms with Crippen molar-refractivity contribution in [3.05, 3.63) is 33.8 Å². The van der Waals surface area contributed by atoms with Crippen molar-refractivity contribution in [3.8, 4) is 0 Å². The molecule has 0 aromatic heterocycles. The summed E-state index contributed by atoms with van der Waals surface area (Å²) >= 11 is 11.9. The fraction of sp³-hybridized carbons (Fsp3) is 0.533. The second-order valence-corrected chi connectivity index (χ2v) is 8.73. The highest BCUT2D eigenvalue weighted by atomic mass is 35.5. The van der Waals surface area contributed by atoms with Gasteiger partial charge in [-0.1, -0.05) is 29.3 Å². The van der Waals surface area contributed by atoms with Crippen LogP contribution >= 0.6 is 23.2 Å². The standard InChI is InChI=1S/C15H20Cl2N2O3S/c1-18(2)15(20)11-4-3-7-19(9-11)23(21,22)10-12-5-6-13(16)8-14(12)17/h5-6,8,11H,3-4,7,9-10H2,1-2H3/t11-/m0/s1. The Balaban J connectivity index is 2.14. The normalized spacial score (nSPS) is 19.6. The van der Waals surface area contributed by atoms with Crippen LogP contribution in [-0.4, -0.2) is 50.7 Å². The summed E-state index contributed by atoms with van der Waals surface area (Å²) in [6.45, 7) is 0.662. The number of halogens is 2. The van der Waals surface area contributed by atoms with Crippen LogP contribution in [0.15, 0.2) is 18.2 Å². The first-order chi connectivity index (χ1) is 10.7. The number of amides is 1. The Bertz CT molecular complexity index is 692. The Morgan fingerprint density at radius 1 is 1.35 bits per heavy atom. The third-order valence-electron chi connectivity index (χ3n) is 3.92. The zero-order valence-corrected chi connectivity index (χ0v) is 15.5. The SMILES string of the molecule is CN(C)C(=O)[C@H]1CCCN(S(=O)(=O)Cc2ccc(Cl)cc2Cl)C1. The van der Waals surface area contributed by atoms with Crippen molar-refractivity contribution in [2.45, 2.75) is 18.6 Å². The first-order valence-corrected chi connectivity index (χ1v) is 9.70. The molecule has 0 unspecified atom stereocenters.